The van der Waals surface area contributed by atoms with Gasteiger partial charge in [0.1, 0.15) is 11.9 Å². The highest BCUT2D eigenvalue weighted by molar-refractivity contribution is 5.84. The SMILES string of the molecule is c1cc(N2CCCCCC2)nc(NC2CCCN(C3CCC(=NOC4CCCCC4)CC3)C2)n1. The van der Waals surface area contributed by atoms with Gasteiger partial charge in [0, 0.05) is 37.9 Å². The number of nitrogens with zero attached hydrogens (tertiary/aromatic N) is 5. The first-order valence-corrected chi connectivity index (χ1v) is 14.1. The maximum Gasteiger partial charge on any atom is 0.224 e. The van der Waals surface area contributed by atoms with Crippen molar-refractivity contribution in [2.24, 2.45) is 5.16 Å². The minimum atomic E-state index is 0.368. The van der Waals surface area contributed by atoms with Crippen LogP contribution in [0.1, 0.15) is 96.3 Å². The second-order valence-corrected chi connectivity index (χ2v) is 10.9. The summed E-state index contributed by atoms with van der Waals surface area (Å²) in [6, 6.07) is 3.17. The highest BCUT2D eigenvalue weighted by Gasteiger charge is 2.29. The maximum absolute atomic E-state index is 5.89. The van der Waals surface area contributed by atoms with Crippen LogP contribution in [0.3, 0.4) is 0 Å². The minimum Gasteiger partial charge on any atom is -0.393 e. The lowest BCUT2D eigenvalue weighted by molar-refractivity contribution is 0.0313. The van der Waals surface area contributed by atoms with E-state index in [4.69, 9.17) is 9.82 Å². The summed E-state index contributed by atoms with van der Waals surface area (Å²) in [6.07, 6.45) is 20.9. The van der Waals surface area contributed by atoms with Crippen LogP contribution in [0.4, 0.5) is 11.8 Å². The number of anilines is 2. The Kier molecular flexibility index (Phi) is 8.54. The van der Waals surface area contributed by atoms with Gasteiger partial charge in [-0.25, -0.2) is 4.98 Å². The molecule has 7 nitrogen and oxygen atoms in total. The molecule has 7 heteroatoms. The summed E-state index contributed by atoms with van der Waals surface area (Å²) >= 11 is 0. The van der Waals surface area contributed by atoms with Crippen LogP contribution in [0.15, 0.2) is 17.4 Å². The number of hydrogen-bond donors (Lipinski definition) is 1. The van der Waals surface area contributed by atoms with Crippen molar-refractivity contribution >= 4 is 17.5 Å². The Bertz CT molecular complexity index is 777. The molecule has 34 heavy (non-hydrogen) atoms. The molecule has 1 atom stereocenters. The van der Waals surface area contributed by atoms with Crippen molar-refractivity contribution < 1.29 is 4.84 Å². The van der Waals surface area contributed by atoms with Gasteiger partial charge in [-0.1, -0.05) is 24.4 Å². The van der Waals surface area contributed by atoms with E-state index in [0.717, 1.165) is 44.2 Å². The van der Waals surface area contributed by atoms with Crippen molar-refractivity contribution in [3.8, 4) is 0 Å². The molecule has 0 radical (unpaired) electrons. The Morgan fingerprint density at radius 3 is 2.41 bits per heavy atom. The molecule has 3 heterocycles. The van der Waals surface area contributed by atoms with Crippen molar-refractivity contribution in [2.45, 2.75) is 114 Å². The Morgan fingerprint density at radius 2 is 1.62 bits per heavy atom. The molecule has 2 saturated carbocycles. The van der Waals surface area contributed by atoms with E-state index in [9.17, 15) is 0 Å². The zero-order valence-electron chi connectivity index (χ0n) is 21.0. The van der Waals surface area contributed by atoms with Gasteiger partial charge in [0.15, 0.2) is 0 Å². The van der Waals surface area contributed by atoms with Gasteiger partial charge in [-0.15, -0.1) is 0 Å². The van der Waals surface area contributed by atoms with Crippen LogP contribution in [0.2, 0.25) is 0 Å². The molecule has 0 aromatic carbocycles. The molecule has 1 aromatic rings. The van der Waals surface area contributed by atoms with E-state index in [0.29, 0.717) is 18.2 Å². The van der Waals surface area contributed by atoms with Crippen LogP contribution >= 0.6 is 0 Å². The lowest BCUT2D eigenvalue weighted by Crippen LogP contribution is -2.48. The maximum atomic E-state index is 5.89. The highest BCUT2D eigenvalue weighted by Crippen LogP contribution is 2.27. The van der Waals surface area contributed by atoms with Gasteiger partial charge >= 0.3 is 0 Å². The Hall–Kier alpha value is -1.89. The van der Waals surface area contributed by atoms with Gasteiger partial charge in [0.25, 0.3) is 0 Å². The van der Waals surface area contributed by atoms with E-state index in [1.807, 2.05) is 6.20 Å². The van der Waals surface area contributed by atoms with Crippen molar-refractivity contribution in [3.05, 3.63) is 12.3 Å². The monoisotopic (exact) mass is 468 g/mol. The van der Waals surface area contributed by atoms with Gasteiger partial charge in [-0.3, -0.25) is 4.90 Å². The van der Waals surface area contributed by atoms with E-state index in [1.54, 1.807) is 0 Å². The summed E-state index contributed by atoms with van der Waals surface area (Å²) in [7, 11) is 0. The molecule has 2 saturated heterocycles. The molecular weight excluding hydrogens is 424 g/mol. The number of likely N-dealkylation sites (tertiary alicyclic amines) is 1. The van der Waals surface area contributed by atoms with Gasteiger partial charge in [0.05, 0.1) is 5.71 Å². The third kappa shape index (κ3) is 6.61. The summed E-state index contributed by atoms with van der Waals surface area (Å²) in [6.45, 7) is 4.54. The van der Waals surface area contributed by atoms with Crippen LogP contribution in [0, 0.1) is 0 Å². The van der Waals surface area contributed by atoms with Crippen LogP contribution in [0.5, 0.6) is 0 Å². The van der Waals surface area contributed by atoms with E-state index in [2.05, 4.69) is 31.3 Å². The molecule has 0 bridgehead atoms. The van der Waals surface area contributed by atoms with Gasteiger partial charge in [-0.2, -0.15) is 4.98 Å². The predicted molar refractivity (Wildman–Crippen MR) is 139 cm³/mol. The first-order chi connectivity index (χ1) is 16.8. The normalized spacial score (nSPS) is 27.8. The fourth-order valence-corrected chi connectivity index (χ4v) is 6.24. The predicted octanol–water partition coefficient (Wildman–Crippen LogP) is 5.38. The van der Waals surface area contributed by atoms with Gasteiger partial charge < -0.3 is 15.1 Å². The molecule has 4 fully saturated rings. The number of piperidine rings is 1. The van der Waals surface area contributed by atoms with Crippen molar-refractivity contribution in [1.82, 2.24) is 14.9 Å². The van der Waals surface area contributed by atoms with Crippen LogP contribution in [0.25, 0.3) is 0 Å². The van der Waals surface area contributed by atoms with E-state index in [1.165, 1.54) is 95.7 Å². The quantitative estimate of drug-likeness (QED) is 0.565. The van der Waals surface area contributed by atoms with Crippen molar-refractivity contribution in [1.29, 1.82) is 0 Å². The van der Waals surface area contributed by atoms with E-state index >= 15 is 0 Å². The van der Waals surface area contributed by atoms with Crippen LogP contribution in [-0.4, -0.2) is 64.9 Å². The zero-order valence-corrected chi connectivity index (χ0v) is 21.0. The largest absolute Gasteiger partial charge is 0.393 e. The summed E-state index contributed by atoms with van der Waals surface area (Å²) in [5.74, 6) is 1.88. The topological polar surface area (TPSA) is 65.9 Å². The molecule has 2 aliphatic heterocycles. The lowest BCUT2D eigenvalue weighted by Gasteiger charge is -2.40. The first-order valence-electron chi connectivity index (χ1n) is 14.1. The van der Waals surface area contributed by atoms with Crippen LogP contribution in [-0.2, 0) is 4.84 Å². The molecule has 5 rings (SSSR count). The van der Waals surface area contributed by atoms with Crippen LogP contribution < -0.4 is 10.2 Å². The molecule has 4 aliphatic rings. The lowest BCUT2D eigenvalue weighted by atomic mass is 9.90. The number of aromatic nitrogens is 2. The van der Waals surface area contributed by atoms with E-state index < -0.39 is 0 Å². The fourth-order valence-electron chi connectivity index (χ4n) is 6.24. The number of nitrogens with one attached hydrogen (secondary N) is 1. The molecule has 2 aliphatic carbocycles. The second-order valence-electron chi connectivity index (χ2n) is 10.9. The average molecular weight is 469 g/mol. The molecule has 0 spiro atoms. The number of rotatable bonds is 6. The summed E-state index contributed by atoms with van der Waals surface area (Å²) in [4.78, 5) is 20.5. The number of oxime groups is 1. The Morgan fingerprint density at radius 1 is 0.853 bits per heavy atom. The summed E-state index contributed by atoms with van der Waals surface area (Å²) in [5, 5.41) is 8.25. The number of hydrogen-bond acceptors (Lipinski definition) is 7. The summed E-state index contributed by atoms with van der Waals surface area (Å²) in [5.41, 5.74) is 1.28. The van der Waals surface area contributed by atoms with Gasteiger partial charge in [-0.05, 0) is 89.7 Å². The van der Waals surface area contributed by atoms with Gasteiger partial charge in [0.2, 0.25) is 5.95 Å². The minimum absolute atomic E-state index is 0.368. The summed E-state index contributed by atoms with van der Waals surface area (Å²) < 4.78 is 0. The molecule has 1 aromatic heterocycles. The first kappa shape index (κ1) is 23.8. The highest BCUT2D eigenvalue weighted by atomic mass is 16.6. The second kappa shape index (κ2) is 12.2. The fraction of sp³-hybridized carbons (Fsp3) is 0.815. The molecule has 1 N–H and O–H groups in total. The van der Waals surface area contributed by atoms with E-state index in [-0.39, 0.29) is 0 Å². The van der Waals surface area contributed by atoms with Crippen molar-refractivity contribution in [3.63, 3.8) is 0 Å². The molecular formula is C27H44N6O. The molecule has 0 amide bonds. The van der Waals surface area contributed by atoms with Crippen molar-refractivity contribution in [2.75, 3.05) is 36.4 Å². The Balaban J connectivity index is 1.10. The standard InChI is InChI=1S/C27H44N6O/c1-2-7-19-32(18-6-1)26-16-17-28-27(30-26)29-23-9-8-20-33(21-23)24-14-12-22(13-15-24)31-34-25-10-4-3-5-11-25/h16-17,23-25H,1-15,18-21H2,(H,28,29,30). The third-order valence-corrected chi connectivity index (χ3v) is 8.29. The smallest absolute Gasteiger partial charge is 0.224 e. The zero-order chi connectivity index (χ0) is 23.0. The molecule has 1 unspecified atom stereocenters. The Labute approximate surface area is 205 Å². The average Bonchev–Trinajstić information content (AvgIpc) is 3.19. The third-order valence-electron chi connectivity index (χ3n) is 8.29. The molecule has 188 valence electrons.